The van der Waals surface area contributed by atoms with Crippen molar-refractivity contribution in [2.45, 2.75) is 32.1 Å². The molecule has 0 bridgehead atoms. The van der Waals surface area contributed by atoms with Crippen LogP contribution in [0.2, 0.25) is 0 Å². The van der Waals surface area contributed by atoms with Gasteiger partial charge in [-0.15, -0.1) is 0 Å². The molecule has 0 unspecified atom stereocenters. The minimum absolute atomic E-state index is 0.00475. The average molecular weight is 342 g/mol. The molecular formula is C19H22N2O4. The van der Waals surface area contributed by atoms with Crippen LogP contribution >= 0.6 is 0 Å². The van der Waals surface area contributed by atoms with Gasteiger partial charge in [0.2, 0.25) is 5.91 Å². The normalized spacial score (nSPS) is 27.8. The van der Waals surface area contributed by atoms with Crippen LogP contribution in [0, 0.1) is 17.3 Å². The van der Waals surface area contributed by atoms with E-state index < -0.39 is 11.4 Å². The maximum atomic E-state index is 12.8. The minimum atomic E-state index is -0.782. The van der Waals surface area contributed by atoms with E-state index in [1.54, 1.807) is 29.2 Å². The summed E-state index contributed by atoms with van der Waals surface area (Å²) in [5, 5.41) is 12.5. The molecule has 6 heteroatoms. The van der Waals surface area contributed by atoms with Gasteiger partial charge in [0.05, 0.1) is 5.41 Å². The minimum Gasteiger partial charge on any atom is -0.481 e. The Labute approximate surface area is 146 Å². The number of benzene rings is 1. The highest BCUT2D eigenvalue weighted by atomic mass is 16.4. The van der Waals surface area contributed by atoms with Gasteiger partial charge in [-0.05, 0) is 49.8 Å². The van der Waals surface area contributed by atoms with Crippen LogP contribution < -0.4 is 5.32 Å². The smallest absolute Gasteiger partial charge is 0.311 e. The number of carboxylic acid groups (broad SMARTS) is 1. The number of nitrogens with zero attached hydrogens (tertiary/aromatic N) is 1. The van der Waals surface area contributed by atoms with Gasteiger partial charge in [0, 0.05) is 30.3 Å². The first kappa shape index (κ1) is 16.1. The fourth-order valence-corrected chi connectivity index (χ4v) is 4.30. The Morgan fingerprint density at radius 1 is 1.20 bits per heavy atom. The third-order valence-electron chi connectivity index (χ3n) is 5.91. The van der Waals surface area contributed by atoms with Crippen molar-refractivity contribution < 1.29 is 19.5 Å². The second kappa shape index (κ2) is 5.86. The van der Waals surface area contributed by atoms with E-state index in [2.05, 4.69) is 5.32 Å². The van der Waals surface area contributed by atoms with Crippen molar-refractivity contribution in [1.82, 2.24) is 4.90 Å². The maximum absolute atomic E-state index is 12.8. The molecule has 2 saturated carbocycles. The van der Waals surface area contributed by atoms with Crippen LogP contribution in [0.5, 0.6) is 0 Å². The van der Waals surface area contributed by atoms with Gasteiger partial charge in [0.15, 0.2) is 0 Å². The lowest BCUT2D eigenvalue weighted by Gasteiger charge is -2.23. The summed E-state index contributed by atoms with van der Waals surface area (Å²) < 4.78 is 0. The van der Waals surface area contributed by atoms with Crippen molar-refractivity contribution in [2.24, 2.45) is 17.3 Å². The zero-order chi connectivity index (χ0) is 17.6. The predicted octanol–water partition coefficient (Wildman–Crippen LogP) is 2.36. The molecule has 2 atom stereocenters. The van der Waals surface area contributed by atoms with Gasteiger partial charge >= 0.3 is 5.97 Å². The zero-order valence-corrected chi connectivity index (χ0v) is 14.0. The molecule has 6 nitrogen and oxygen atoms in total. The molecule has 1 saturated heterocycles. The molecule has 25 heavy (non-hydrogen) atoms. The van der Waals surface area contributed by atoms with E-state index >= 15 is 0 Å². The predicted molar refractivity (Wildman–Crippen MR) is 91.1 cm³/mol. The van der Waals surface area contributed by atoms with Crippen LogP contribution in [0.15, 0.2) is 24.3 Å². The van der Waals surface area contributed by atoms with E-state index in [1.807, 2.05) is 0 Å². The van der Waals surface area contributed by atoms with Crippen molar-refractivity contribution >= 4 is 23.5 Å². The number of fused-ring (bicyclic) bond motifs is 1. The van der Waals surface area contributed by atoms with Gasteiger partial charge in [0.25, 0.3) is 5.91 Å². The SMILES string of the molecule is O=C(Nc1cccc(C(=O)N2C[C@@H]3CCC[C@@]3(C(=O)O)C2)c1)C1CC1. The van der Waals surface area contributed by atoms with Gasteiger partial charge in [-0.1, -0.05) is 12.5 Å². The molecule has 3 aliphatic rings. The largest absolute Gasteiger partial charge is 0.481 e. The quantitative estimate of drug-likeness (QED) is 0.879. The summed E-state index contributed by atoms with van der Waals surface area (Å²) in [7, 11) is 0. The molecule has 3 fully saturated rings. The molecular weight excluding hydrogens is 320 g/mol. The van der Waals surface area contributed by atoms with Crippen LogP contribution in [-0.4, -0.2) is 40.9 Å². The molecule has 1 aromatic carbocycles. The van der Waals surface area contributed by atoms with E-state index in [1.165, 1.54) is 0 Å². The number of carbonyl (C=O) groups excluding carboxylic acids is 2. The Kier molecular flexibility index (Phi) is 3.78. The molecule has 132 valence electrons. The summed E-state index contributed by atoms with van der Waals surface area (Å²) in [6, 6.07) is 6.93. The average Bonchev–Trinajstić information content (AvgIpc) is 3.25. The highest BCUT2D eigenvalue weighted by Gasteiger charge is 2.55. The molecule has 0 radical (unpaired) electrons. The first-order valence-electron chi connectivity index (χ1n) is 8.93. The standard InChI is InChI=1S/C19H22N2O4/c22-16(12-6-7-12)20-15-5-1-3-13(9-15)17(23)21-10-14-4-2-8-19(14,11-21)18(24)25/h1,3,5,9,12,14H,2,4,6-8,10-11H2,(H,20,22)(H,24,25)/t14-,19+/m0/s1. The van der Waals surface area contributed by atoms with Crippen LogP contribution in [0.25, 0.3) is 0 Å². The van der Waals surface area contributed by atoms with Crippen molar-refractivity contribution in [3.8, 4) is 0 Å². The third-order valence-corrected chi connectivity index (χ3v) is 5.91. The van der Waals surface area contributed by atoms with Crippen LogP contribution in [0.1, 0.15) is 42.5 Å². The first-order valence-corrected chi connectivity index (χ1v) is 8.93. The lowest BCUT2D eigenvalue weighted by atomic mass is 9.81. The number of aliphatic carboxylic acids is 1. The fourth-order valence-electron chi connectivity index (χ4n) is 4.30. The van der Waals surface area contributed by atoms with E-state index in [4.69, 9.17) is 0 Å². The number of likely N-dealkylation sites (tertiary alicyclic amines) is 1. The van der Waals surface area contributed by atoms with Gasteiger partial charge in [-0.2, -0.15) is 0 Å². The maximum Gasteiger partial charge on any atom is 0.311 e. The number of amides is 2. The molecule has 1 aromatic rings. The summed E-state index contributed by atoms with van der Waals surface area (Å²) in [5.74, 6) is -0.780. The van der Waals surface area contributed by atoms with Gasteiger partial charge in [0.1, 0.15) is 0 Å². The molecule has 2 amide bonds. The van der Waals surface area contributed by atoms with Crippen LogP contribution in [0.4, 0.5) is 5.69 Å². The van der Waals surface area contributed by atoms with Crippen molar-refractivity contribution in [3.63, 3.8) is 0 Å². The Morgan fingerprint density at radius 2 is 2.00 bits per heavy atom. The van der Waals surface area contributed by atoms with Crippen LogP contribution in [-0.2, 0) is 9.59 Å². The van der Waals surface area contributed by atoms with Gasteiger partial charge in [-0.3, -0.25) is 14.4 Å². The molecule has 2 N–H and O–H groups in total. The summed E-state index contributed by atoms with van der Waals surface area (Å²) in [5.41, 5.74) is 0.345. The van der Waals surface area contributed by atoms with E-state index in [-0.39, 0.29) is 30.2 Å². The number of rotatable bonds is 4. The second-order valence-corrected chi connectivity index (χ2v) is 7.58. The van der Waals surface area contributed by atoms with E-state index in [0.29, 0.717) is 24.2 Å². The molecule has 4 rings (SSSR count). The summed E-state index contributed by atoms with van der Waals surface area (Å²) >= 11 is 0. The van der Waals surface area contributed by atoms with Crippen LogP contribution in [0.3, 0.4) is 0 Å². The number of carboxylic acids is 1. The molecule has 0 aromatic heterocycles. The Balaban J connectivity index is 1.50. The molecule has 0 spiro atoms. The summed E-state index contributed by atoms with van der Waals surface area (Å²) in [6.07, 6.45) is 4.29. The highest BCUT2D eigenvalue weighted by Crippen LogP contribution is 2.49. The van der Waals surface area contributed by atoms with E-state index in [0.717, 1.165) is 25.7 Å². The first-order chi connectivity index (χ1) is 12.0. The third kappa shape index (κ3) is 2.79. The monoisotopic (exact) mass is 342 g/mol. The van der Waals surface area contributed by atoms with Gasteiger partial charge < -0.3 is 15.3 Å². The lowest BCUT2D eigenvalue weighted by molar-refractivity contribution is -0.149. The number of nitrogens with one attached hydrogen (secondary N) is 1. The molecule has 2 aliphatic carbocycles. The summed E-state index contributed by atoms with van der Waals surface area (Å²) in [4.78, 5) is 38.2. The number of anilines is 1. The van der Waals surface area contributed by atoms with Crippen molar-refractivity contribution in [3.05, 3.63) is 29.8 Å². The Hall–Kier alpha value is -2.37. The van der Waals surface area contributed by atoms with Crippen molar-refractivity contribution in [2.75, 3.05) is 18.4 Å². The zero-order valence-electron chi connectivity index (χ0n) is 14.0. The summed E-state index contributed by atoms with van der Waals surface area (Å²) in [6.45, 7) is 0.786. The van der Waals surface area contributed by atoms with Gasteiger partial charge in [-0.25, -0.2) is 0 Å². The number of hydrogen-bond donors (Lipinski definition) is 2. The molecule has 1 aliphatic heterocycles. The number of carbonyl (C=O) groups is 3. The second-order valence-electron chi connectivity index (χ2n) is 7.58. The van der Waals surface area contributed by atoms with Crippen molar-refractivity contribution in [1.29, 1.82) is 0 Å². The highest BCUT2D eigenvalue weighted by molar-refractivity contribution is 5.98. The molecule has 1 heterocycles. The Bertz CT molecular complexity index is 743. The Morgan fingerprint density at radius 3 is 2.68 bits per heavy atom. The lowest BCUT2D eigenvalue weighted by Crippen LogP contribution is -2.37. The number of hydrogen-bond acceptors (Lipinski definition) is 3. The fraction of sp³-hybridized carbons (Fsp3) is 0.526. The topological polar surface area (TPSA) is 86.7 Å². The van der Waals surface area contributed by atoms with E-state index in [9.17, 15) is 19.5 Å².